The summed E-state index contributed by atoms with van der Waals surface area (Å²) in [7, 11) is 0. The van der Waals surface area contributed by atoms with E-state index in [4.69, 9.17) is 24.6 Å². The molecule has 105 heavy (non-hydrogen) atoms. The fourth-order valence-electron chi connectivity index (χ4n) is 5.01. The Morgan fingerprint density at radius 1 is 0.190 bits per heavy atom. The average molecular weight is 1440 g/mol. The number of rotatable bonds is 29. The Morgan fingerprint density at radius 3 is 0.352 bits per heavy atom. The number of allylic oxidation sites excluding steroid dienone is 58. The van der Waals surface area contributed by atoms with Crippen molar-refractivity contribution in [2.24, 2.45) is 0 Å². The van der Waals surface area contributed by atoms with E-state index < -0.39 is 11.9 Å². The lowest BCUT2D eigenvalue weighted by Crippen LogP contribution is -2.21. The predicted octanol–water partition coefficient (Wildman–Crippen LogP) is 17.0. The molecule has 0 aromatic carbocycles. The lowest BCUT2D eigenvalue weighted by atomic mass is 10.2. The largest absolute Gasteiger partial charge is 0.550 e. The number of carboxylic acid groups (broad SMARTS) is 2. The highest BCUT2D eigenvalue weighted by atomic mass is 16.4. The molecule has 0 spiro atoms. The number of piperidine rings is 2. The fourth-order valence-corrected chi connectivity index (χ4v) is 5.01. The minimum atomic E-state index is -1.08. The Balaban J connectivity index is -0.000000104. The van der Waals surface area contributed by atoms with Crippen LogP contribution in [0.2, 0.25) is 0 Å². The standard InChI is InChI=1S/C16H18O.C14H16O.C12H14O.C10H12O.C8H10O.C6H8O.2C5H11N.2C4H6O.2C2H4O2.C2H4O/c1-2-3-4-5-6-7-8-9-10-11-12-13-14-15-16-17;1-2-3-4-5-6-7-8-9-10-11-12-13-14-15;1-2-3-4-5-6-7-8-9-10-11-12-13;1-2-3-4-5-6-7-8-9-10-11;1-2-3-4-5-6-7-8-9;1-2-3-4-5-6-7;2*1-2-4-6-5-3-1;2*1-2-3-4-5;2*1-2(3)4;1-2-3/h2-16H,1H3;2-14H,1H3;2-12H,1H3;2-10H,1H3;2-8H,1H3;2-6H,1H3;2*6H,1-5H2;2*2-4H,1H3;2*1H3,(H,3,4);2H,1H3/p-2/b3-2+,5-4+,7-6+,9-8+,11-10+,13-12+,15-14+;3-2+,5-4+,7-6+,9-8+,11-10+,13-12+;3-2+,5-4+,7-6+,9-8+,11-10+;3-2+,5-4+,7-6+,9-8+;3-2+,5-4+,7-6+;3-2+,5-4+;;;2*3-2+;;;. The minimum Gasteiger partial charge on any atom is -0.550 e. The van der Waals surface area contributed by atoms with E-state index in [1.165, 1.54) is 120 Å². The van der Waals surface area contributed by atoms with Gasteiger partial charge >= 0.3 is 0 Å². The van der Waals surface area contributed by atoms with Gasteiger partial charge in [0, 0.05) is 11.9 Å². The summed E-state index contributed by atoms with van der Waals surface area (Å²) in [6, 6.07) is 0. The van der Waals surface area contributed by atoms with E-state index in [1.54, 1.807) is 98.9 Å². The summed E-state index contributed by atoms with van der Waals surface area (Å²) in [6.45, 7) is 23.7. The number of carbonyl (C=O) groups excluding carboxylic acids is 11. The number of aliphatic carboxylic acids is 2. The van der Waals surface area contributed by atoms with Gasteiger partial charge in [0.2, 0.25) is 0 Å². The lowest BCUT2D eigenvalue weighted by Gasteiger charge is -2.08. The van der Waals surface area contributed by atoms with E-state index >= 15 is 0 Å². The second-order valence-electron chi connectivity index (χ2n) is 18.2. The van der Waals surface area contributed by atoms with Crippen LogP contribution in [0.3, 0.4) is 0 Å². The molecule has 2 N–H and O–H groups in total. The molecule has 2 aliphatic rings. The summed E-state index contributed by atoms with van der Waals surface area (Å²) in [5, 5.41) is 24.3. The van der Waals surface area contributed by atoms with Crippen molar-refractivity contribution in [1.29, 1.82) is 0 Å². The number of hydrogen-bond donors (Lipinski definition) is 2. The van der Waals surface area contributed by atoms with Crippen molar-refractivity contribution in [3.05, 3.63) is 352 Å². The van der Waals surface area contributed by atoms with Crippen molar-refractivity contribution >= 4 is 68.5 Å². The molecule has 2 rings (SSSR count). The SMILES string of the molecule is C/C=C/C=C/C=C/C=C/C=C/C=C/C=C/C=O.C/C=C/C=C/C=C/C=C/C=C/C=C/C=O.C/C=C/C=C/C=C/C=C/C=C/C=O.C/C=C/C=C/C=C/C=C/C=O.C/C=C/C=C/C=C/C=O.C/C=C/C=C/C=O.C/C=C/C=O.C/C=C/C=O.C1CCNCC1.C1CCNCC1.CC(=O)[O-].CC(=O)[O-].CC=O. The predicted molar refractivity (Wildman–Crippen MR) is 446 cm³/mol. The fraction of sp³-hybridized carbons (Fsp3) is 0.233. The average Bonchev–Trinajstić information content (AvgIpc) is 3.88. The molecule has 2 fully saturated rings. The first-order valence-corrected chi connectivity index (χ1v) is 33.9. The van der Waals surface area contributed by atoms with Gasteiger partial charge in [-0.05, 0) is 177 Å². The van der Waals surface area contributed by atoms with Gasteiger partial charge in [-0.1, -0.05) is 317 Å². The van der Waals surface area contributed by atoms with Crippen LogP contribution >= 0.6 is 0 Å². The summed E-state index contributed by atoms with van der Waals surface area (Å²) in [6.07, 6.45) is 120. The minimum absolute atomic E-state index is 0.750. The maximum absolute atomic E-state index is 9.94. The van der Waals surface area contributed by atoms with Gasteiger partial charge in [0.15, 0.2) is 0 Å². The molecule has 0 bridgehead atoms. The molecule has 15 heteroatoms. The maximum atomic E-state index is 9.94. The smallest absolute Gasteiger partial charge is 0.142 e. The molecule has 0 amide bonds. The van der Waals surface area contributed by atoms with Crippen molar-refractivity contribution in [1.82, 2.24) is 10.6 Å². The van der Waals surface area contributed by atoms with Gasteiger partial charge in [-0.15, -0.1) is 0 Å². The van der Waals surface area contributed by atoms with Crippen molar-refractivity contribution in [3.8, 4) is 0 Å². The molecule has 2 aliphatic heterocycles. The Labute approximate surface area is 632 Å². The topological polar surface area (TPSA) is 258 Å². The summed E-state index contributed by atoms with van der Waals surface area (Å²) in [4.78, 5) is 104. The number of carboxylic acids is 2. The molecular formula is C90H122N2O13-2. The first-order valence-electron chi connectivity index (χ1n) is 33.9. The third-order valence-corrected chi connectivity index (χ3v) is 9.25. The molecule has 0 aromatic heterocycles. The van der Waals surface area contributed by atoms with Gasteiger partial charge in [-0.25, -0.2) is 0 Å². The normalized spacial score (nSPS) is 13.2. The van der Waals surface area contributed by atoms with Gasteiger partial charge < -0.3 is 35.2 Å². The molecule has 0 unspecified atom stereocenters. The molecule has 2 saturated heterocycles. The lowest BCUT2D eigenvalue weighted by molar-refractivity contribution is -0.303. The third kappa shape index (κ3) is 221. The zero-order valence-electron chi connectivity index (χ0n) is 64.1. The van der Waals surface area contributed by atoms with E-state index in [0.717, 1.165) is 70.4 Å². The highest BCUT2D eigenvalue weighted by Gasteiger charge is 1.94. The van der Waals surface area contributed by atoms with Crippen molar-refractivity contribution < 1.29 is 63.0 Å². The Hall–Kier alpha value is -11.6. The molecule has 0 aliphatic carbocycles. The zero-order valence-corrected chi connectivity index (χ0v) is 64.1. The molecular weight excluding hydrogens is 1320 g/mol. The van der Waals surface area contributed by atoms with Crippen LogP contribution in [0.5, 0.6) is 0 Å². The van der Waals surface area contributed by atoms with E-state index in [-0.39, 0.29) is 0 Å². The molecule has 0 radical (unpaired) electrons. The van der Waals surface area contributed by atoms with Gasteiger partial charge in [-0.3, -0.25) is 38.4 Å². The second kappa shape index (κ2) is 143. The van der Waals surface area contributed by atoms with Crippen LogP contribution in [0.25, 0.3) is 0 Å². The summed E-state index contributed by atoms with van der Waals surface area (Å²) in [5.41, 5.74) is 0. The van der Waals surface area contributed by atoms with E-state index in [2.05, 4.69) is 10.6 Å². The summed E-state index contributed by atoms with van der Waals surface area (Å²) < 4.78 is 0. The monoisotopic (exact) mass is 1440 g/mol. The highest BCUT2D eigenvalue weighted by molar-refractivity contribution is 5.67. The molecule has 0 saturated carbocycles. The van der Waals surface area contributed by atoms with Gasteiger partial charge in [0.05, 0.1) is 0 Å². The number of hydrogen-bond acceptors (Lipinski definition) is 15. The zero-order chi connectivity index (χ0) is 81.0. The van der Waals surface area contributed by atoms with Crippen molar-refractivity contribution in [2.75, 3.05) is 26.2 Å². The number of carbonyl (C=O) groups is 11. The second-order valence-corrected chi connectivity index (χ2v) is 18.2. The van der Waals surface area contributed by atoms with E-state index in [0.29, 0.717) is 0 Å². The highest BCUT2D eigenvalue weighted by Crippen LogP contribution is 1.97. The quantitative estimate of drug-likeness (QED) is 0.0401. The van der Waals surface area contributed by atoms with E-state index in [1.807, 2.05) is 260 Å². The first kappa shape index (κ1) is 117. The van der Waals surface area contributed by atoms with Crippen LogP contribution in [-0.2, 0) is 52.7 Å². The number of nitrogens with one attached hydrogen (secondary N) is 2. The van der Waals surface area contributed by atoms with Crippen LogP contribution in [0.1, 0.15) is 115 Å². The number of aldehydes is 9. The molecule has 15 nitrogen and oxygen atoms in total. The molecule has 2 heterocycles. The van der Waals surface area contributed by atoms with Gasteiger partial charge in [0.25, 0.3) is 0 Å². The van der Waals surface area contributed by atoms with Crippen LogP contribution in [0.15, 0.2) is 352 Å². The van der Waals surface area contributed by atoms with Crippen LogP contribution in [-0.4, -0.2) is 94.7 Å². The summed E-state index contributed by atoms with van der Waals surface area (Å²) in [5.74, 6) is -2.17. The van der Waals surface area contributed by atoms with Crippen LogP contribution < -0.4 is 20.8 Å². The molecule has 0 aromatic rings. The van der Waals surface area contributed by atoms with E-state index in [9.17, 15) is 38.4 Å². The van der Waals surface area contributed by atoms with Gasteiger partial charge in [-0.2, -0.15) is 0 Å². The van der Waals surface area contributed by atoms with Crippen LogP contribution in [0, 0.1) is 0 Å². The molecule has 572 valence electrons. The molecule has 0 atom stereocenters. The summed E-state index contributed by atoms with van der Waals surface area (Å²) >= 11 is 0. The third-order valence-electron chi connectivity index (χ3n) is 9.25. The van der Waals surface area contributed by atoms with Crippen molar-refractivity contribution in [3.63, 3.8) is 0 Å². The van der Waals surface area contributed by atoms with Gasteiger partial charge in [0.1, 0.15) is 56.6 Å². The van der Waals surface area contributed by atoms with Crippen molar-refractivity contribution in [2.45, 2.75) is 115 Å². The van der Waals surface area contributed by atoms with Crippen LogP contribution in [0.4, 0.5) is 0 Å². The maximum Gasteiger partial charge on any atom is 0.142 e. The first-order chi connectivity index (χ1) is 51.2. The Kier molecular flexibility index (Phi) is 160. The Bertz CT molecular complexity index is 2830. The Morgan fingerprint density at radius 2 is 0.286 bits per heavy atom.